The molecule has 0 aliphatic heterocycles. The quantitative estimate of drug-likeness (QED) is 0.341. The van der Waals surface area contributed by atoms with Gasteiger partial charge >= 0.3 is 5.97 Å². The van der Waals surface area contributed by atoms with Gasteiger partial charge in [-0.05, 0) is 90.4 Å². The molecule has 168 valence electrons. The van der Waals surface area contributed by atoms with Crippen LogP contribution in [0.4, 0.5) is 0 Å². The van der Waals surface area contributed by atoms with Crippen molar-refractivity contribution in [2.45, 2.75) is 53.1 Å². The van der Waals surface area contributed by atoms with Gasteiger partial charge in [-0.25, -0.2) is 0 Å². The van der Waals surface area contributed by atoms with Crippen molar-refractivity contribution >= 4 is 5.97 Å². The lowest BCUT2D eigenvalue weighted by Gasteiger charge is -2.15. The predicted octanol–water partition coefficient (Wildman–Crippen LogP) is 6.75. The van der Waals surface area contributed by atoms with Crippen LogP contribution in [0.2, 0.25) is 0 Å². The number of carbonyl (C=O) groups is 1. The summed E-state index contributed by atoms with van der Waals surface area (Å²) in [6, 6.07) is 20.3. The minimum Gasteiger partial charge on any atom is -0.494 e. The summed E-state index contributed by atoms with van der Waals surface area (Å²) in [7, 11) is 0. The number of carboxylic acid groups (broad SMARTS) is 1. The maximum Gasteiger partial charge on any atom is 0.303 e. The van der Waals surface area contributed by atoms with Crippen molar-refractivity contribution in [1.29, 1.82) is 0 Å². The standard InChI is InChI=1S/C28H32O4/c1-4-5-15-31-26-16-20(2)28(21(3)17-26)24-8-6-7-23(18-24)19-32-25-12-9-22(10-13-25)11-14-27(29)30/h6-10,12-13,16-18H,4-5,11,14-15,19H2,1-3H3,(H,29,30). The molecule has 0 fully saturated rings. The Balaban J connectivity index is 1.67. The van der Waals surface area contributed by atoms with E-state index in [1.54, 1.807) is 0 Å². The Bertz CT molecular complexity index is 1010. The van der Waals surface area contributed by atoms with Crippen LogP contribution < -0.4 is 9.47 Å². The number of aryl methyl sites for hydroxylation is 3. The molecule has 0 radical (unpaired) electrons. The summed E-state index contributed by atoms with van der Waals surface area (Å²) >= 11 is 0. The molecule has 0 saturated carbocycles. The van der Waals surface area contributed by atoms with Gasteiger partial charge in [0.05, 0.1) is 6.61 Å². The van der Waals surface area contributed by atoms with Gasteiger partial charge in [-0.1, -0.05) is 43.7 Å². The monoisotopic (exact) mass is 432 g/mol. The highest BCUT2D eigenvalue weighted by Gasteiger charge is 2.10. The van der Waals surface area contributed by atoms with E-state index in [1.165, 1.54) is 22.3 Å². The molecule has 0 heterocycles. The van der Waals surface area contributed by atoms with Crippen LogP contribution in [0.25, 0.3) is 11.1 Å². The van der Waals surface area contributed by atoms with Crippen molar-refractivity contribution in [3.8, 4) is 22.6 Å². The topological polar surface area (TPSA) is 55.8 Å². The Morgan fingerprint density at radius 2 is 1.59 bits per heavy atom. The van der Waals surface area contributed by atoms with Crippen molar-refractivity contribution in [1.82, 2.24) is 0 Å². The second-order valence-electron chi connectivity index (χ2n) is 8.16. The van der Waals surface area contributed by atoms with Crippen LogP contribution in [0.15, 0.2) is 60.7 Å². The highest BCUT2D eigenvalue weighted by atomic mass is 16.5. The summed E-state index contributed by atoms with van der Waals surface area (Å²) in [5, 5.41) is 8.80. The molecular weight excluding hydrogens is 400 g/mol. The number of hydrogen-bond donors (Lipinski definition) is 1. The van der Waals surface area contributed by atoms with Gasteiger partial charge in [0.25, 0.3) is 0 Å². The minimum absolute atomic E-state index is 0.137. The highest BCUT2D eigenvalue weighted by molar-refractivity contribution is 5.72. The average molecular weight is 433 g/mol. The predicted molar refractivity (Wildman–Crippen MR) is 128 cm³/mol. The van der Waals surface area contributed by atoms with E-state index in [1.807, 2.05) is 24.3 Å². The van der Waals surface area contributed by atoms with Crippen molar-refractivity contribution in [3.05, 3.63) is 82.9 Å². The smallest absolute Gasteiger partial charge is 0.303 e. The molecule has 1 N–H and O–H groups in total. The molecular formula is C28H32O4. The first-order chi connectivity index (χ1) is 15.5. The second kappa shape index (κ2) is 11.4. The van der Waals surface area contributed by atoms with E-state index in [4.69, 9.17) is 14.6 Å². The number of aliphatic carboxylic acids is 1. The number of carboxylic acids is 1. The zero-order valence-corrected chi connectivity index (χ0v) is 19.2. The maximum atomic E-state index is 10.7. The van der Waals surface area contributed by atoms with Gasteiger partial charge in [0, 0.05) is 6.42 Å². The Kier molecular flexibility index (Phi) is 8.32. The number of ether oxygens (including phenoxy) is 2. The molecule has 3 aromatic carbocycles. The van der Waals surface area contributed by atoms with Crippen LogP contribution in [0, 0.1) is 13.8 Å². The fourth-order valence-electron chi connectivity index (χ4n) is 3.78. The van der Waals surface area contributed by atoms with E-state index in [0.29, 0.717) is 13.0 Å². The third-order valence-electron chi connectivity index (χ3n) is 5.44. The van der Waals surface area contributed by atoms with Gasteiger partial charge in [0.2, 0.25) is 0 Å². The summed E-state index contributed by atoms with van der Waals surface area (Å²) in [5.74, 6) is 0.924. The maximum absolute atomic E-state index is 10.7. The van der Waals surface area contributed by atoms with Gasteiger partial charge in [-0.2, -0.15) is 0 Å². The third-order valence-corrected chi connectivity index (χ3v) is 5.44. The third kappa shape index (κ3) is 6.61. The van der Waals surface area contributed by atoms with Crippen molar-refractivity contribution in [2.75, 3.05) is 6.61 Å². The zero-order valence-electron chi connectivity index (χ0n) is 19.2. The summed E-state index contributed by atoms with van der Waals surface area (Å²) in [6.07, 6.45) is 2.85. The minimum atomic E-state index is -0.783. The van der Waals surface area contributed by atoms with Crippen LogP contribution in [-0.2, 0) is 17.8 Å². The molecule has 0 spiro atoms. The van der Waals surface area contributed by atoms with Crippen LogP contribution in [0.3, 0.4) is 0 Å². The van der Waals surface area contributed by atoms with E-state index in [9.17, 15) is 4.79 Å². The van der Waals surface area contributed by atoms with Crippen LogP contribution in [0.5, 0.6) is 11.5 Å². The summed E-state index contributed by atoms with van der Waals surface area (Å²) < 4.78 is 11.9. The number of unbranched alkanes of at least 4 members (excludes halogenated alkanes) is 1. The molecule has 0 unspecified atom stereocenters. The van der Waals surface area contributed by atoms with Gasteiger partial charge in [-0.3, -0.25) is 4.79 Å². The van der Waals surface area contributed by atoms with Gasteiger partial charge in [0.15, 0.2) is 0 Å². The number of rotatable bonds is 11. The van der Waals surface area contributed by atoms with Gasteiger partial charge in [0.1, 0.15) is 18.1 Å². The van der Waals surface area contributed by atoms with Crippen LogP contribution >= 0.6 is 0 Å². The molecule has 0 amide bonds. The second-order valence-corrected chi connectivity index (χ2v) is 8.16. The molecule has 0 aliphatic carbocycles. The average Bonchev–Trinajstić information content (AvgIpc) is 2.77. The van der Waals surface area contributed by atoms with E-state index >= 15 is 0 Å². The highest BCUT2D eigenvalue weighted by Crippen LogP contribution is 2.32. The summed E-state index contributed by atoms with van der Waals surface area (Å²) in [4.78, 5) is 10.7. The molecule has 4 heteroatoms. The van der Waals surface area contributed by atoms with Gasteiger partial charge in [-0.15, -0.1) is 0 Å². The summed E-state index contributed by atoms with van der Waals surface area (Å²) in [5.41, 5.74) is 6.90. The van der Waals surface area contributed by atoms with Crippen molar-refractivity contribution in [2.24, 2.45) is 0 Å². The molecule has 0 atom stereocenters. The molecule has 0 aromatic heterocycles. The first kappa shape index (κ1) is 23.4. The first-order valence-corrected chi connectivity index (χ1v) is 11.2. The number of hydrogen-bond acceptors (Lipinski definition) is 3. The molecule has 32 heavy (non-hydrogen) atoms. The van der Waals surface area contributed by atoms with E-state index in [0.717, 1.165) is 42.1 Å². The molecule has 3 aromatic rings. The Hall–Kier alpha value is -3.27. The van der Waals surface area contributed by atoms with E-state index < -0.39 is 5.97 Å². The van der Waals surface area contributed by atoms with E-state index in [2.05, 4.69) is 57.2 Å². The SMILES string of the molecule is CCCCOc1cc(C)c(-c2cccc(COc3ccc(CCC(=O)O)cc3)c2)c(C)c1. The fourth-order valence-corrected chi connectivity index (χ4v) is 3.78. The summed E-state index contributed by atoms with van der Waals surface area (Å²) in [6.45, 7) is 7.64. The van der Waals surface area contributed by atoms with Crippen molar-refractivity contribution < 1.29 is 19.4 Å². The molecule has 4 nitrogen and oxygen atoms in total. The zero-order chi connectivity index (χ0) is 22.9. The van der Waals surface area contributed by atoms with Crippen LogP contribution in [0.1, 0.15) is 48.4 Å². The molecule has 0 bridgehead atoms. The lowest BCUT2D eigenvalue weighted by molar-refractivity contribution is -0.136. The molecule has 3 rings (SSSR count). The number of benzene rings is 3. The Labute approximate surface area is 190 Å². The molecule has 0 aliphatic rings. The normalized spacial score (nSPS) is 10.7. The Morgan fingerprint density at radius 3 is 2.25 bits per heavy atom. The van der Waals surface area contributed by atoms with E-state index in [-0.39, 0.29) is 6.42 Å². The van der Waals surface area contributed by atoms with Gasteiger partial charge < -0.3 is 14.6 Å². The Morgan fingerprint density at radius 1 is 0.875 bits per heavy atom. The lowest BCUT2D eigenvalue weighted by Crippen LogP contribution is -1.99. The van der Waals surface area contributed by atoms with Crippen molar-refractivity contribution in [3.63, 3.8) is 0 Å². The lowest BCUT2D eigenvalue weighted by atomic mass is 9.94. The molecule has 0 saturated heterocycles. The first-order valence-electron chi connectivity index (χ1n) is 11.2. The van der Waals surface area contributed by atoms with Crippen LogP contribution in [-0.4, -0.2) is 17.7 Å². The fraction of sp³-hybridized carbons (Fsp3) is 0.321. The largest absolute Gasteiger partial charge is 0.494 e.